The minimum absolute atomic E-state index is 0.114. The number of carbonyl (C=O) groups excluding carboxylic acids is 1. The topological polar surface area (TPSA) is 63.9 Å². The third-order valence-electron chi connectivity index (χ3n) is 6.39. The maximum atomic E-state index is 13.2. The number of fused-ring (bicyclic) bond motifs is 1. The molecule has 0 bridgehead atoms. The van der Waals surface area contributed by atoms with Crippen LogP contribution in [0.1, 0.15) is 40.7 Å². The van der Waals surface area contributed by atoms with Gasteiger partial charge in [0.05, 0.1) is 23.0 Å². The summed E-state index contributed by atoms with van der Waals surface area (Å²) in [5, 5.41) is 12.9. The summed E-state index contributed by atoms with van der Waals surface area (Å²) in [6.07, 6.45) is 3.21. The van der Waals surface area contributed by atoms with Crippen LogP contribution in [0.15, 0.2) is 59.1 Å². The first-order valence-electron chi connectivity index (χ1n) is 11.6. The van der Waals surface area contributed by atoms with E-state index < -0.39 is 0 Å². The average molecular weight is 488 g/mol. The Morgan fingerprint density at radius 3 is 2.76 bits per heavy atom. The number of hydrogen-bond donors (Lipinski definition) is 0. The van der Waals surface area contributed by atoms with Crippen molar-refractivity contribution in [2.75, 3.05) is 17.2 Å². The zero-order chi connectivity index (χ0) is 23.1. The molecule has 2 aliphatic rings. The number of anilines is 1. The largest absolute Gasteiger partial charge is 0.311 e. The molecule has 1 amide bonds. The number of benzene rings is 2. The number of hydrogen-bond acceptors (Lipinski definition) is 6. The first-order chi connectivity index (χ1) is 16.7. The lowest BCUT2D eigenvalue weighted by Gasteiger charge is -2.17. The van der Waals surface area contributed by atoms with Gasteiger partial charge in [-0.15, -0.1) is 21.5 Å². The van der Waals surface area contributed by atoms with Crippen molar-refractivity contribution in [1.29, 1.82) is 0 Å². The van der Waals surface area contributed by atoms with Crippen LogP contribution in [0.3, 0.4) is 0 Å². The standard InChI is InChI=1S/C26H25N5OS2/c1-17-27-22(15-33-17)20-9-10-23-21(13-20)11-12-30(23)24(32)16-34-26-29-28-25(19-7-8-19)31(26)14-18-5-3-2-4-6-18/h2-6,9-10,13,15,19H,7-8,11-12,14,16H2,1H3. The fourth-order valence-corrected chi connectivity index (χ4v) is 5.93. The van der Waals surface area contributed by atoms with E-state index in [1.54, 1.807) is 11.3 Å². The Labute approximate surface area is 207 Å². The van der Waals surface area contributed by atoms with Gasteiger partial charge >= 0.3 is 0 Å². The van der Waals surface area contributed by atoms with Crippen molar-refractivity contribution in [1.82, 2.24) is 19.7 Å². The number of aromatic nitrogens is 4. The highest BCUT2D eigenvalue weighted by atomic mass is 32.2. The minimum atomic E-state index is 0.114. The van der Waals surface area contributed by atoms with E-state index in [1.807, 2.05) is 17.9 Å². The average Bonchev–Trinajstić information content (AvgIpc) is 3.26. The summed E-state index contributed by atoms with van der Waals surface area (Å²) in [4.78, 5) is 19.7. The molecule has 0 N–H and O–H groups in total. The van der Waals surface area contributed by atoms with Crippen molar-refractivity contribution in [2.45, 2.75) is 43.8 Å². The number of thioether (sulfide) groups is 1. The maximum Gasteiger partial charge on any atom is 0.237 e. The molecule has 1 aliphatic carbocycles. The Balaban J connectivity index is 1.17. The highest BCUT2D eigenvalue weighted by Gasteiger charge is 2.31. The Kier molecular flexibility index (Phi) is 5.71. The molecular weight excluding hydrogens is 462 g/mol. The predicted octanol–water partition coefficient (Wildman–Crippen LogP) is 5.32. The summed E-state index contributed by atoms with van der Waals surface area (Å²) in [7, 11) is 0. The molecule has 1 aliphatic heterocycles. The molecule has 6 rings (SSSR count). The normalized spacial score (nSPS) is 15.0. The molecule has 6 nitrogen and oxygen atoms in total. The van der Waals surface area contributed by atoms with Crippen LogP contribution in [0.2, 0.25) is 0 Å². The first kappa shape index (κ1) is 21.6. The molecule has 0 saturated heterocycles. The third kappa shape index (κ3) is 4.28. The molecule has 1 fully saturated rings. The quantitative estimate of drug-likeness (QED) is 0.330. The van der Waals surface area contributed by atoms with Crippen LogP contribution in [-0.2, 0) is 17.8 Å². The molecule has 4 aromatic rings. The van der Waals surface area contributed by atoms with Crippen LogP contribution in [-0.4, -0.2) is 38.0 Å². The molecule has 172 valence electrons. The van der Waals surface area contributed by atoms with Gasteiger partial charge in [-0.05, 0) is 49.4 Å². The van der Waals surface area contributed by atoms with Gasteiger partial charge in [0.2, 0.25) is 5.91 Å². The van der Waals surface area contributed by atoms with Gasteiger partial charge in [-0.25, -0.2) is 4.98 Å². The molecule has 1 saturated carbocycles. The number of aryl methyl sites for hydroxylation is 1. The molecule has 8 heteroatoms. The summed E-state index contributed by atoms with van der Waals surface area (Å²) in [5.74, 6) is 2.02. The van der Waals surface area contributed by atoms with E-state index in [-0.39, 0.29) is 5.91 Å². The van der Waals surface area contributed by atoms with Gasteiger partial charge in [-0.2, -0.15) is 0 Å². The highest BCUT2D eigenvalue weighted by molar-refractivity contribution is 7.99. The van der Waals surface area contributed by atoms with E-state index in [0.29, 0.717) is 11.7 Å². The van der Waals surface area contributed by atoms with Crippen LogP contribution < -0.4 is 4.90 Å². The third-order valence-corrected chi connectivity index (χ3v) is 8.11. The van der Waals surface area contributed by atoms with Gasteiger partial charge < -0.3 is 9.47 Å². The highest BCUT2D eigenvalue weighted by Crippen LogP contribution is 2.40. The Morgan fingerprint density at radius 2 is 2.00 bits per heavy atom. The summed E-state index contributed by atoms with van der Waals surface area (Å²) in [6.45, 7) is 3.48. The maximum absolute atomic E-state index is 13.2. The van der Waals surface area contributed by atoms with Gasteiger partial charge in [0, 0.05) is 29.1 Å². The second-order valence-electron chi connectivity index (χ2n) is 8.87. The monoisotopic (exact) mass is 487 g/mol. The summed E-state index contributed by atoms with van der Waals surface area (Å²) < 4.78 is 2.20. The molecule has 0 atom stereocenters. The lowest BCUT2D eigenvalue weighted by molar-refractivity contribution is -0.116. The zero-order valence-corrected chi connectivity index (χ0v) is 20.6. The molecule has 34 heavy (non-hydrogen) atoms. The van der Waals surface area contributed by atoms with Crippen molar-refractivity contribution in [2.24, 2.45) is 0 Å². The SMILES string of the molecule is Cc1nc(-c2ccc3c(c2)CCN3C(=O)CSc2nnc(C3CC3)n2Cc2ccccc2)cs1. The lowest BCUT2D eigenvalue weighted by Crippen LogP contribution is -2.30. The van der Waals surface area contributed by atoms with E-state index in [9.17, 15) is 4.79 Å². The molecule has 0 unspecified atom stereocenters. The number of carbonyl (C=O) groups is 1. The van der Waals surface area contributed by atoms with Gasteiger partial charge in [0.15, 0.2) is 5.16 Å². The Bertz CT molecular complexity index is 1340. The summed E-state index contributed by atoms with van der Waals surface area (Å²) >= 11 is 3.15. The summed E-state index contributed by atoms with van der Waals surface area (Å²) in [5.41, 5.74) is 5.58. The molecular formula is C26H25N5OS2. The van der Waals surface area contributed by atoms with Crippen LogP contribution >= 0.6 is 23.1 Å². The fourth-order valence-electron chi connectivity index (χ4n) is 4.49. The van der Waals surface area contributed by atoms with Crippen molar-refractivity contribution in [3.05, 3.63) is 75.9 Å². The molecule has 2 aromatic carbocycles. The van der Waals surface area contributed by atoms with Crippen molar-refractivity contribution in [3.63, 3.8) is 0 Å². The van der Waals surface area contributed by atoms with Crippen LogP contribution in [0.25, 0.3) is 11.3 Å². The van der Waals surface area contributed by atoms with Crippen LogP contribution in [0.5, 0.6) is 0 Å². The van der Waals surface area contributed by atoms with Gasteiger partial charge in [0.25, 0.3) is 0 Å². The van der Waals surface area contributed by atoms with Crippen LogP contribution in [0.4, 0.5) is 5.69 Å². The lowest BCUT2D eigenvalue weighted by atomic mass is 10.1. The van der Waals surface area contributed by atoms with E-state index in [1.165, 1.54) is 35.7 Å². The smallest absolute Gasteiger partial charge is 0.237 e. The number of thiazole rings is 1. The molecule has 3 heterocycles. The predicted molar refractivity (Wildman–Crippen MR) is 137 cm³/mol. The summed E-state index contributed by atoms with van der Waals surface area (Å²) in [6, 6.07) is 16.7. The Morgan fingerprint density at radius 1 is 1.15 bits per heavy atom. The van der Waals surface area contributed by atoms with E-state index in [2.05, 4.69) is 67.6 Å². The van der Waals surface area contributed by atoms with Gasteiger partial charge in [-0.3, -0.25) is 4.79 Å². The van der Waals surface area contributed by atoms with Gasteiger partial charge in [-0.1, -0.05) is 48.2 Å². The zero-order valence-electron chi connectivity index (χ0n) is 19.0. The van der Waals surface area contributed by atoms with Crippen molar-refractivity contribution < 1.29 is 4.79 Å². The van der Waals surface area contributed by atoms with Gasteiger partial charge in [0.1, 0.15) is 5.82 Å². The molecule has 2 aromatic heterocycles. The van der Waals surface area contributed by atoms with Crippen molar-refractivity contribution >= 4 is 34.7 Å². The fraction of sp³-hybridized carbons (Fsp3) is 0.308. The molecule has 0 radical (unpaired) electrons. The minimum Gasteiger partial charge on any atom is -0.311 e. The van der Waals surface area contributed by atoms with Crippen molar-refractivity contribution in [3.8, 4) is 11.3 Å². The second kappa shape index (κ2) is 9.00. The van der Waals surface area contributed by atoms with E-state index >= 15 is 0 Å². The first-order valence-corrected chi connectivity index (χ1v) is 13.5. The number of amides is 1. The molecule has 0 spiro atoms. The number of rotatable bonds is 7. The van der Waals surface area contributed by atoms with E-state index in [4.69, 9.17) is 0 Å². The second-order valence-corrected chi connectivity index (χ2v) is 10.9. The van der Waals surface area contributed by atoms with Crippen LogP contribution in [0, 0.1) is 6.92 Å². The Hall–Kier alpha value is -2.97. The number of nitrogens with zero attached hydrogens (tertiary/aromatic N) is 5. The van der Waals surface area contributed by atoms with E-state index in [0.717, 1.165) is 52.4 Å².